The third kappa shape index (κ3) is 4.68. The number of nitrogens with one attached hydrogen (secondary N) is 1. The molecule has 1 aliphatic heterocycles. The second kappa shape index (κ2) is 8.14. The maximum Gasteiger partial charge on any atom is 0.141 e. The van der Waals surface area contributed by atoms with Gasteiger partial charge in [-0.25, -0.2) is 9.97 Å². The molecule has 0 bridgehead atoms. The Kier molecular flexibility index (Phi) is 6.49. The molecule has 1 saturated heterocycles. The number of aryl methyl sites for hydroxylation is 2. The Morgan fingerprint density at radius 1 is 1.29 bits per heavy atom. The number of nitrogens with zero attached hydrogens (tertiary/aromatic N) is 2. The largest absolute Gasteiger partial charge is 0.316 e. The van der Waals surface area contributed by atoms with E-state index in [-0.39, 0.29) is 0 Å². The zero-order valence-corrected chi connectivity index (χ0v) is 14.7. The van der Waals surface area contributed by atoms with Crippen LogP contribution in [0.5, 0.6) is 0 Å². The predicted octanol–water partition coefficient (Wildman–Crippen LogP) is 3.84. The molecule has 3 nitrogen and oxygen atoms in total. The van der Waals surface area contributed by atoms with Crippen LogP contribution in [-0.4, -0.2) is 28.8 Å². The predicted molar refractivity (Wildman–Crippen MR) is 92.0 cm³/mol. The zero-order chi connectivity index (χ0) is 15.2. The molecule has 0 radical (unpaired) electrons. The van der Waals surface area contributed by atoms with Crippen LogP contribution in [0.1, 0.15) is 61.1 Å². The van der Waals surface area contributed by atoms with Crippen molar-refractivity contribution in [2.45, 2.75) is 58.6 Å². The van der Waals surface area contributed by atoms with Crippen LogP contribution in [0.25, 0.3) is 0 Å². The van der Waals surface area contributed by atoms with Gasteiger partial charge in [0.25, 0.3) is 0 Å². The quantitative estimate of drug-likeness (QED) is 0.777. The standard InChI is InChI=1S/C17H29N3S/c1-5-8-18-11-12(2)10-15-13(3)19-17(20-14(15)4)16-7-6-9-21-16/h12,16,18H,5-11H2,1-4H3. The van der Waals surface area contributed by atoms with Crippen molar-refractivity contribution < 1.29 is 0 Å². The van der Waals surface area contributed by atoms with E-state index in [1.807, 2.05) is 11.8 Å². The van der Waals surface area contributed by atoms with E-state index >= 15 is 0 Å². The first-order valence-corrected chi connectivity index (χ1v) is 9.33. The van der Waals surface area contributed by atoms with Gasteiger partial charge in [-0.2, -0.15) is 11.8 Å². The molecule has 2 heterocycles. The molecule has 4 heteroatoms. The molecule has 2 rings (SSSR count). The van der Waals surface area contributed by atoms with Crippen molar-refractivity contribution in [3.05, 3.63) is 22.8 Å². The highest BCUT2D eigenvalue weighted by Crippen LogP contribution is 2.38. The third-order valence-corrected chi connectivity index (χ3v) is 5.50. The second-order valence-electron chi connectivity index (χ2n) is 6.25. The van der Waals surface area contributed by atoms with Gasteiger partial charge in [-0.05, 0) is 69.9 Å². The Morgan fingerprint density at radius 2 is 2.00 bits per heavy atom. The molecule has 1 aromatic rings. The molecule has 118 valence electrons. The maximum atomic E-state index is 4.81. The zero-order valence-electron chi connectivity index (χ0n) is 13.9. The number of thioether (sulfide) groups is 1. The second-order valence-corrected chi connectivity index (χ2v) is 7.56. The lowest BCUT2D eigenvalue weighted by Gasteiger charge is -2.17. The van der Waals surface area contributed by atoms with Gasteiger partial charge in [0, 0.05) is 11.4 Å². The van der Waals surface area contributed by atoms with Gasteiger partial charge in [0.05, 0.1) is 5.25 Å². The summed E-state index contributed by atoms with van der Waals surface area (Å²) in [5.74, 6) is 2.95. The van der Waals surface area contributed by atoms with E-state index in [0.717, 1.165) is 25.3 Å². The van der Waals surface area contributed by atoms with Crippen molar-refractivity contribution in [3.8, 4) is 0 Å². The molecular formula is C17H29N3S. The van der Waals surface area contributed by atoms with Crippen LogP contribution in [0, 0.1) is 19.8 Å². The molecule has 1 aromatic heterocycles. The van der Waals surface area contributed by atoms with Crippen molar-refractivity contribution in [1.29, 1.82) is 0 Å². The van der Waals surface area contributed by atoms with Crippen LogP contribution >= 0.6 is 11.8 Å². The molecule has 1 aliphatic rings. The minimum absolute atomic E-state index is 0.528. The highest BCUT2D eigenvalue weighted by Gasteiger charge is 2.22. The van der Waals surface area contributed by atoms with Gasteiger partial charge >= 0.3 is 0 Å². The molecule has 0 spiro atoms. The van der Waals surface area contributed by atoms with Crippen LogP contribution in [0.3, 0.4) is 0 Å². The Morgan fingerprint density at radius 3 is 2.57 bits per heavy atom. The summed E-state index contributed by atoms with van der Waals surface area (Å²) in [6.45, 7) is 11.0. The molecule has 0 aromatic carbocycles. The van der Waals surface area contributed by atoms with Gasteiger partial charge in [-0.1, -0.05) is 13.8 Å². The molecule has 2 unspecified atom stereocenters. The first kappa shape index (κ1) is 16.8. The Hall–Kier alpha value is -0.610. The Bertz CT molecular complexity index is 432. The topological polar surface area (TPSA) is 37.8 Å². The summed E-state index contributed by atoms with van der Waals surface area (Å²) in [7, 11) is 0. The molecule has 1 fully saturated rings. The van der Waals surface area contributed by atoms with E-state index < -0.39 is 0 Å². The monoisotopic (exact) mass is 307 g/mol. The summed E-state index contributed by atoms with van der Waals surface area (Å²) in [5, 5.41) is 4.03. The van der Waals surface area contributed by atoms with Crippen molar-refractivity contribution in [2.75, 3.05) is 18.8 Å². The van der Waals surface area contributed by atoms with Gasteiger partial charge in [-0.3, -0.25) is 0 Å². The first-order chi connectivity index (χ1) is 10.1. The fraction of sp³-hybridized carbons (Fsp3) is 0.765. The molecular weight excluding hydrogens is 278 g/mol. The molecule has 0 aliphatic carbocycles. The van der Waals surface area contributed by atoms with E-state index in [9.17, 15) is 0 Å². The molecule has 2 atom stereocenters. The highest BCUT2D eigenvalue weighted by molar-refractivity contribution is 7.99. The minimum Gasteiger partial charge on any atom is -0.316 e. The summed E-state index contributed by atoms with van der Waals surface area (Å²) in [5.41, 5.74) is 3.73. The van der Waals surface area contributed by atoms with E-state index in [0.29, 0.717) is 11.2 Å². The van der Waals surface area contributed by atoms with Crippen molar-refractivity contribution in [1.82, 2.24) is 15.3 Å². The van der Waals surface area contributed by atoms with Gasteiger partial charge in [0.1, 0.15) is 5.82 Å². The van der Waals surface area contributed by atoms with E-state index in [2.05, 4.69) is 33.0 Å². The summed E-state index contributed by atoms with van der Waals surface area (Å²) in [4.78, 5) is 9.63. The normalized spacial score (nSPS) is 19.9. The maximum absolute atomic E-state index is 4.81. The van der Waals surface area contributed by atoms with E-state index in [1.54, 1.807) is 0 Å². The average Bonchev–Trinajstić information content (AvgIpc) is 2.97. The van der Waals surface area contributed by atoms with Crippen LogP contribution in [-0.2, 0) is 6.42 Å². The third-order valence-electron chi connectivity index (χ3n) is 4.13. The summed E-state index contributed by atoms with van der Waals surface area (Å²) in [6, 6.07) is 0. The lowest BCUT2D eigenvalue weighted by Crippen LogP contribution is -2.24. The van der Waals surface area contributed by atoms with Crippen molar-refractivity contribution >= 4 is 11.8 Å². The number of rotatable bonds is 7. The molecule has 0 saturated carbocycles. The molecule has 0 amide bonds. The Balaban J connectivity index is 2.02. The van der Waals surface area contributed by atoms with Gasteiger partial charge in [0.15, 0.2) is 0 Å². The van der Waals surface area contributed by atoms with Crippen LogP contribution < -0.4 is 5.32 Å². The van der Waals surface area contributed by atoms with E-state index in [4.69, 9.17) is 9.97 Å². The lowest BCUT2D eigenvalue weighted by molar-refractivity contribution is 0.506. The summed E-state index contributed by atoms with van der Waals surface area (Å²) >= 11 is 2.01. The molecule has 1 N–H and O–H groups in total. The van der Waals surface area contributed by atoms with Crippen molar-refractivity contribution in [2.24, 2.45) is 5.92 Å². The number of hydrogen-bond donors (Lipinski definition) is 1. The fourth-order valence-electron chi connectivity index (χ4n) is 2.93. The van der Waals surface area contributed by atoms with Gasteiger partial charge in [-0.15, -0.1) is 0 Å². The average molecular weight is 308 g/mol. The summed E-state index contributed by atoms with van der Waals surface area (Å²) < 4.78 is 0. The SMILES string of the molecule is CCCNCC(C)Cc1c(C)nc(C2CCCS2)nc1C. The van der Waals surface area contributed by atoms with E-state index in [1.165, 1.54) is 42.0 Å². The van der Waals surface area contributed by atoms with Crippen molar-refractivity contribution in [3.63, 3.8) is 0 Å². The molecule has 21 heavy (non-hydrogen) atoms. The van der Waals surface area contributed by atoms with Crippen LogP contribution in [0.15, 0.2) is 0 Å². The summed E-state index contributed by atoms with van der Waals surface area (Å²) in [6.07, 6.45) is 4.81. The van der Waals surface area contributed by atoms with Crippen LogP contribution in [0.4, 0.5) is 0 Å². The lowest BCUT2D eigenvalue weighted by atomic mass is 9.98. The van der Waals surface area contributed by atoms with Gasteiger partial charge < -0.3 is 5.32 Å². The van der Waals surface area contributed by atoms with Crippen LogP contribution in [0.2, 0.25) is 0 Å². The highest BCUT2D eigenvalue weighted by atomic mass is 32.2. The minimum atomic E-state index is 0.528. The first-order valence-electron chi connectivity index (χ1n) is 8.28. The fourth-order valence-corrected chi connectivity index (χ4v) is 4.14. The smallest absolute Gasteiger partial charge is 0.141 e. The number of hydrogen-bond acceptors (Lipinski definition) is 4. The van der Waals surface area contributed by atoms with Gasteiger partial charge in [0.2, 0.25) is 0 Å². The number of aromatic nitrogens is 2. The Labute approximate surface area is 133 Å².